The third-order valence-corrected chi connectivity index (χ3v) is 19.6. The van der Waals surface area contributed by atoms with Gasteiger partial charge in [0.1, 0.15) is 11.6 Å². The summed E-state index contributed by atoms with van der Waals surface area (Å²) in [6.45, 7) is 37.5. The highest BCUT2D eigenvalue weighted by Crippen LogP contribution is 2.33. The molecule has 12 aromatic carbocycles. The second-order valence-corrected chi connectivity index (χ2v) is 29.5. The Balaban J connectivity index is 0.000000689. The predicted molar refractivity (Wildman–Crippen MR) is 514 cm³/mol. The Labute approximate surface area is 759 Å². The number of halogens is 9. The first-order chi connectivity index (χ1) is 60.1. The van der Waals surface area contributed by atoms with Gasteiger partial charge in [-0.25, -0.2) is 18.8 Å². The molecular weight excluding hydrogens is 1640 g/mol. The van der Waals surface area contributed by atoms with E-state index in [-0.39, 0.29) is 35.6 Å². The minimum atomic E-state index is -4.61. The molecule has 126 heavy (non-hydrogen) atoms. The highest BCUT2D eigenvalue weighted by Gasteiger charge is 2.33. The van der Waals surface area contributed by atoms with Crippen molar-refractivity contribution < 1.29 is 64.1 Å². The Morgan fingerprint density at radius 2 is 0.627 bits per heavy atom. The fourth-order valence-corrected chi connectivity index (χ4v) is 11.6. The number of ether oxygens (including phenoxy) is 4. The van der Waals surface area contributed by atoms with Gasteiger partial charge in [0.25, 0.3) is 0 Å². The van der Waals surface area contributed by atoms with Crippen molar-refractivity contribution in [1.82, 2.24) is 0 Å². The first-order valence-corrected chi connectivity index (χ1v) is 43.9. The van der Waals surface area contributed by atoms with Crippen LogP contribution in [-0.4, -0.2) is 45.1 Å². The predicted octanol–water partition coefficient (Wildman–Crippen LogP) is 31.6. The van der Waals surface area contributed by atoms with E-state index in [0.717, 1.165) is 91.9 Å². The molecule has 7 nitrogen and oxygen atoms in total. The molecule has 12 rings (SSSR count). The van der Waals surface area contributed by atoms with Gasteiger partial charge in [-0.15, -0.1) is 13.2 Å². The summed E-state index contributed by atoms with van der Waals surface area (Å²) < 4.78 is 103. The molecule has 0 fully saturated rings. The van der Waals surface area contributed by atoms with Crippen molar-refractivity contribution in [2.24, 2.45) is 0 Å². The van der Waals surface area contributed by atoms with Gasteiger partial charge in [0, 0.05) is 10.0 Å². The van der Waals surface area contributed by atoms with Gasteiger partial charge in [0.2, 0.25) is 0 Å². The Morgan fingerprint density at radius 1 is 0.294 bits per heavy atom. The molecule has 0 saturated heterocycles. The van der Waals surface area contributed by atoms with Gasteiger partial charge in [0.05, 0.1) is 43.1 Å². The maximum Gasteiger partial charge on any atom is 0.573 e. The maximum atomic E-state index is 12.5. The summed E-state index contributed by atoms with van der Waals surface area (Å²) in [7, 11) is 2.77. The lowest BCUT2D eigenvalue weighted by molar-refractivity contribution is -0.274. The van der Waals surface area contributed by atoms with Gasteiger partial charge < -0.3 is 18.9 Å². The van der Waals surface area contributed by atoms with Crippen LogP contribution in [0.5, 0.6) is 5.75 Å². The van der Waals surface area contributed by atoms with E-state index in [1.54, 1.807) is 63.2 Å². The van der Waals surface area contributed by atoms with E-state index in [1.807, 2.05) is 84.9 Å². The molecule has 0 aliphatic rings. The lowest BCUT2D eigenvalue weighted by Gasteiger charge is -2.11. The Morgan fingerprint density at radius 3 is 0.944 bits per heavy atom. The van der Waals surface area contributed by atoms with E-state index in [4.69, 9.17) is 27.9 Å². The normalized spacial score (nSPS) is 9.98. The molecule has 0 spiro atoms. The van der Waals surface area contributed by atoms with Crippen molar-refractivity contribution in [2.45, 2.75) is 214 Å². The van der Waals surface area contributed by atoms with Crippen molar-refractivity contribution in [3.63, 3.8) is 0 Å². The summed E-state index contributed by atoms with van der Waals surface area (Å²) in [4.78, 5) is 33.3. The van der Waals surface area contributed by atoms with E-state index >= 15 is 0 Å². The maximum absolute atomic E-state index is 12.5. The molecule has 0 unspecified atom stereocenters. The zero-order valence-corrected chi connectivity index (χ0v) is 79.1. The quantitative estimate of drug-likeness (QED) is 0.0510. The van der Waals surface area contributed by atoms with Crippen LogP contribution in [0.1, 0.15) is 221 Å². The summed E-state index contributed by atoms with van der Waals surface area (Å²) >= 11 is 11.5. The lowest BCUT2D eigenvalue weighted by Crippen LogP contribution is -2.17. The number of carbonyl (C=O) groups excluding carboxylic acids is 3. The van der Waals surface area contributed by atoms with Crippen LogP contribution in [0.4, 0.5) is 30.7 Å². The van der Waals surface area contributed by atoms with Crippen molar-refractivity contribution >= 4 is 41.1 Å². The van der Waals surface area contributed by atoms with E-state index in [9.17, 15) is 45.1 Å². The fraction of sp³-hybridized carbons (Fsp3) is 0.318. The third-order valence-electron chi connectivity index (χ3n) is 19.0. The van der Waals surface area contributed by atoms with Crippen LogP contribution in [0.3, 0.4) is 0 Å². The Bertz CT molecular complexity index is 4710. The number of para-hydroxylation sites is 1. The van der Waals surface area contributed by atoms with Crippen molar-refractivity contribution in [2.75, 3.05) is 20.8 Å². The number of rotatable bonds is 17. The zero-order valence-electron chi connectivity index (χ0n) is 77.6. The summed E-state index contributed by atoms with van der Waals surface area (Å²) in [5.74, 6) is -1.77. The number of carbonyl (C=O) groups is 3. The van der Waals surface area contributed by atoms with Crippen molar-refractivity contribution in [1.29, 1.82) is 0 Å². The fourth-order valence-electron chi connectivity index (χ4n) is 11.1. The molecule has 0 aliphatic carbocycles. The molecule has 0 N–H and O–H groups in total. The van der Waals surface area contributed by atoms with E-state index in [2.05, 4.69) is 245 Å². The van der Waals surface area contributed by atoms with Gasteiger partial charge in [-0.2, -0.15) is 13.2 Å². The number of methoxy groups -OCH3 is 2. The highest BCUT2D eigenvalue weighted by atomic mass is 35.5. The van der Waals surface area contributed by atoms with Gasteiger partial charge in [-0.05, 0) is 258 Å². The number of benzene rings is 12. The molecule has 0 saturated carbocycles. The van der Waals surface area contributed by atoms with Gasteiger partial charge in [0.15, 0.2) is 0 Å². The van der Waals surface area contributed by atoms with Gasteiger partial charge in [-0.3, -0.25) is 0 Å². The summed E-state index contributed by atoms with van der Waals surface area (Å²) in [6.07, 6.45) is 2.37. The SMILES string of the molecule is CCOC(=O)c1ccc(CC)cc1.CCc1ccc(C(=O)OC)cc1.CCc1ccc(C)cc1.CCc1ccc(C)cc1.CCc1ccc(C)cc1.CCc1ccc(F)cc1C(F)(F)F.CCc1cccc(C(=O)OC)c1.CCc1cccc(C)c1.CCc1cccc(C)c1.CCc1cccc(Cl)c1.CCc1ccccc1Cl.CCc1ccccc1OC(F)(F)F. The standard InChI is InChI=1S/C11H14O2.2C10H12O2.C9H8F4.C9H9F3O.5C9H12.2C8H9Cl/c1-3-9-5-7-10(8-6-9)11(12)13-4-2;1-3-8-4-6-9(7-5-8)10(11)12-2;1-3-8-5-4-6-9(7-8)10(11)12-2;1-2-6-3-4-7(10)5-8(6)9(11,12)13;1-2-7-5-3-4-6-8(7)13-9(10,11)12;3*1-3-9-6-4-8(2)5-7-9;2*1-3-9-6-4-5-8(2)7-9;1-2-7-4-3-5-8(9)6-7;1-2-7-5-3-4-6-8(7)9/h5-8H,3-4H2,1-2H3;2*4-7H,3H2,1-2H3;3-5H,2H2,1H3;3-6H,2H2,1H3;5*4-7H,3H2,1-2H3;2*3-6H,2H2,1H3. The largest absolute Gasteiger partial charge is 0.573 e. The summed E-state index contributed by atoms with van der Waals surface area (Å²) in [5, 5.41) is 1.70. The molecule has 16 heteroatoms. The van der Waals surface area contributed by atoms with Crippen LogP contribution in [0.2, 0.25) is 10.0 Å². The van der Waals surface area contributed by atoms with Gasteiger partial charge in [-0.1, -0.05) is 346 Å². The Kier molecular flexibility index (Phi) is 58.7. The smallest absolute Gasteiger partial charge is 0.465 e. The molecule has 678 valence electrons. The lowest BCUT2D eigenvalue weighted by atomic mass is 10.0. The summed E-state index contributed by atoms with van der Waals surface area (Å²) in [5.41, 5.74) is 21.6. The second-order valence-electron chi connectivity index (χ2n) is 28.7. The average molecular weight is 1770 g/mol. The van der Waals surface area contributed by atoms with Crippen LogP contribution in [0, 0.1) is 40.4 Å². The molecule has 0 bridgehead atoms. The molecule has 12 aromatic rings. The molecular formula is C110H133Cl2F7O7. The molecule has 0 radical (unpaired) electrons. The number of aryl methyl sites for hydroxylation is 17. The molecule has 0 aromatic heterocycles. The van der Waals surface area contributed by atoms with Crippen LogP contribution in [0.15, 0.2) is 285 Å². The van der Waals surface area contributed by atoms with Gasteiger partial charge >= 0.3 is 30.4 Å². The van der Waals surface area contributed by atoms with Crippen LogP contribution >= 0.6 is 23.2 Å². The first kappa shape index (κ1) is 113. The van der Waals surface area contributed by atoms with Crippen LogP contribution < -0.4 is 4.74 Å². The topological polar surface area (TPSA) is 88.1 Å². The monoisotopic (exact) mass is 1770 g/mol. The van der Waals surface area contributed by atoms with Crippen molar-refractivity contribution in [3.8, 4) is 5.75 Å². The molecule has 0 aliphatic heterocycles. The molecule has 0 heterocycles. The number of hydrogen-bond acceptors (Lipinski definition) is 7. The first-order valence-electron chi connectivity index (χ1n) is 43.2. The zero-order chi connectivity index (χ0) is 94.4. The minimum Gasteiger partial charge on any atom is -0.465 e. The summed E-state index contributed by atoms with van der Waals surface area (Å²) in [6, 6.07) is 90.3. The van der Waals surface area contributed by atoms with Crippen LogP contribution in [0.25, 0.3) is 0 Å². The highest BCUT2D eigenvalue weighted by molar-refractivity contribution is 6.31. The second kappa shape index (κ2) is 65.5. The average Bonchev–Trinajstić information content (AvgIpc) is 0.824. The van der Waals surface area contributed by atoms with E-state index in [0.29, 0.717) is 41.3 Å². The van der Waals surface area contributed by atoms with Crippen LogP contribution in [-0.2, 0) is 97.4 Å². The third kappa shape index (κ3) is 50.2. The minimum absolute atomic E-state index is 0.113. The number of esters is 3. The number of alkyl halides is 6. The molecule has 0 atom stereocenters. The number of hydrogen-bond donors (Lipinski definition) is 0. The van der Waals surface area contributed by atoms with E-state index in [1.165, 1.54) is 104 Å². The van der Waals surface area contributed by atoms with Crippen molar-refractivity contribution in [3.05, 3.63) is 418 Å². The Hall–Kier alpha value is -11.1. The van der Waals surface area contributed by atoms with E-state index < -0.39 is 23.9 Å². The molecule has 0 amide bonds.